The van der Waals surface area contributed by atoms with Crippen molar-refractivity contribution in [3.05, 3.63) is 88.7 Å². The lowest BCUT2D eigenvalue weighted by Gasteiger charge is -2.10. The zero-order valence-corrected chi connectivity index (χ0v) is 18.9. The third-order valence-electron chi connectivity index (χ3n) is 6.09. The Kier molecular flexibility index (Phi) is 5.84. The number of carbonyl (C=O) groups is 1. The van der Waals surface area contributed by atoms with Gasteiger partial charge in [-0.15, -0.1) is 0 Å². The van der Waals surface area contributed by atoms with Crippen LogP contribution < -0.4 is 5.32 Å². The van der Waals surface area contributed by atoms with E-state index in [0.29, 0.717) is 35.7 Å². The van der Waals surface area contributed by atoms with Gasteiger partial charge in [0.2, 0.25) is 0 Å². The molecular weight excluding hydrogens is 455 g/mol. The summed E-state index contributed by atoms with van der Waals surface area (Å²) in [6.45, 7) is 0.391. The highest BCUT2D eigenvalue weighted by Crippen LogP contribution is 2.34. The fourth-order valence-electron chi connectivity index (χ4n) is 4.34. The van der Waals surface area contributed by atoms with Crippen LogP contribution in [0.15, 0.2) is 60.8 Å². The van der Waals surface area contributed by atoms with E-state index in [9.17, 15) is 18.0 Å². The standard InChI is InChI=1S/C26H22F3N5O/c1-34-23-20(22(33-34)25(35)31-14-16-6-3-2-4-7-16)9-5-8-18-15-30-24(32-21(18)23)17-10-12-19(13-11-17)26(27,28)29/h2-4,6-7,10-13,15H,5,8-9,14H2,1H3,(H,31,35). The summed E-state index contributed by atoms with van der Waals surface area (Å²) in [5, 5.41) is 7.44. The van der Waals surface area contributed by atoms with Gasteiger partial charge in [-0.05, 0) is 42.5 Å². The van der Waals surface area contributed by atoms with E-state index in [4.69, 9.17) is 4.98 Å². The molecule has 1 aliphatic carbocycles. The Morgan fingerprint density at radius 3 is 2.51 bits per heavy atom. The van der Waals surface area contributed by atoms with Crippen molar-refractivity contribution in [2.75, 3.05) is 0 Å². The Bertz CT molecular complexity index is 1380. The molecule has 35 heavy (non-hydrogen) atoms. The number of nitrogens with one attached hydrogen (secondary N) is 1. The smallest absolute Gasteiger partial charge is 0.347 e. The molecule has 1 N–H and O–H groups in total. The Hall–Kier alpha value is -4.01. The number of alkyl halides is 3. The van der Waals surface area contributed by atoms with Gasteiger partial charge in [-0.25, -0.2) is 9.97 Å². The molecule has 9 heteroatoms. The van der Waals surface area contributed by atoms with E-state index >= 15 is 0 Å². The van der Waals surface area contributed by atoms with Gasteiger partial charge in [-0.1, -0.05) is 42.5 Å². The van der Waals surface area contributed by atoms with Crippen molar-refractivity contribution >= 4 is 5.91 Å². The molecule has 2 aromatic carbocycles. The molecule has 0 saturated carbocycles. The predicted octanol–water partition coefficient (Wildman–Crippen LogP) is 4.98. The van der Waals surface area contributed by atoms with E-state index in [2.05, 4.69) is 15.4 Å². The van der Waals surface area contributed by atoms with Crippen molar-refractivity contribution in [1.29, 1.82) is 0 Å². The normalized spacial score (nSPS) is 13.0. The van der Waals surface area contributed by atoms with Crippen molar-refractivity contribution < 1.29 is 18.0 Å². The van der Waals surface area contributed by atoms with E-state index in [-0.39, 0.29) is 5.91 Å². The van der Waals surface area contributed by atoms with Crippen LogP contribution in [0.2, 0.25) is 0 Å². The van der Waals surface area contributed by atoms with Crippen LogP contribution in [0.3, 0.4) is 0 Å². The van der Waals surface area contributed by atoms with E-state index in [1.165, 1.54) is 12.1 Å². The van der Waals surface area contributed by atoms with E-state index in [1.807, 2.05) is 30.3 Å². The molecule has 1 amide bonds. The van der Waals surface area contributed by atoms with Crippen molar-refractivity contribution in [2.24, 2.45) is 7.05 Å². The lowest BCUT2D eigenvalue weighted by Crippen LogP contribution is -2.24. The zero-order chi connectivity index (χ0) is 24.6. The van der Waals surface area contributed by atoms with Crippen LogP contribution in [-0.4, -0.2) is 25.7 Å². The highest BCUT2D eigenvalue weighted by molar-refractivity contribution is 5.95. The average Bonchev–Trinajstić information content (AvgIpc) is 3.06. The summed E-state index contributed by atoms with van der Waals surface area (Å²) in [7, 11) is 1.77. The van der Waals surface area contributed by atoms with Crippen molar-refractivity contribution in [1.82, 2.24) is 25.1 Å². The SMILES string of the molecule is Cn1nc(C(=O)NCc2ccccc2)c2c1-c1nc(-c3ccc(C(F)(F)F)cc3)ncc1CCC2. The second kappa shape index (κ2) is 8.98. The monoisotopic (exact) mass is 477 g/mol. The molecule has 1 aliphatic rings. The van der Waals surface area contributed by atoms with Crippen molar-refractivity contribution in [2.45, 2.75) is 32.0 Å². The topological polar surface area (TPSA) is 72.7 Å². The zero-order valence-electron chi connectivity index (χ0n) is 18.9. The molecular formula is C26H22F3N5O. The Morgan fingerprint density at radius 1 is 1.06 bits per heavy atom. The number of hydrogen-bond acceptors (Lipinski definition) is 4. The van der Waals surface area contributed by atoms with Gasteiger partial charge < -0.3 is 5.32 Å². The highest BCUT2D eigenvalue weighted by atomic mass is 19.4. The van der Waals surface area contributed by atoms with E-state index < -0.39 is 11.7 Å². The average molecular weight is 477 g/mol. The maximum atomic E-state index is 13.0. The first kappa shape index (κ1) is 22.8. The minimum absolute atomic E-state index is 0.258. The first-order chi connectivity index (χ1) is 16.8. The number of benzene rings is 2. The molecule has 0 radical (unpaired) electrons. The van der Waals surface area contributed by atoms with E-state index in [1.54, 1.807) is 17.9 Å². The molecule has 2 heterocycles. The van der Waals surface area contributed by atoms with Crippen LogP contribution in [0, 0.1) is 0 Å². The van der Waals surface area contributed by atoms with Gasteiger partial charge in [0.15, 0.2) is 11.5 Å². The number of carbonyl (C=O) groups excluding carboxylic acids is 1. The molecule has 2 aromatic heterocycles. The van der Waals surface area contributed by atoms with Gasteiger partial charge >= 0.3 is 6.18 Å². The molecule has 0 spiro atoms. The predicted molar refractivity (Wildman–Crippen MR) is 124 cm³/mol. The van der Waals surface area contributed by atoms with Crippen LogP contribution in [0.5, 0.6) is 0 Å². The first-order valence-electron chi connectivity index (χ1n) is 11.2. The lowest BCUT2D eigenvalue weighted by molar-refractivity contribution is -0.137. The summed E-state index contributed by atoms with van der Waals surface area (Å²) < 4.78 is 40.5. The number of rotatable bonds is 4. The quantitative estimate of drug-likeness (QED) is 0.450. The number of halogens is 3. The maximum Gasteiger partial charge on any atom is 0.416 e. The van der Waals surface area contributed by atoms with Crippen LogP contribution in [0.25, 0.3) is 22.8 Å². The van der Waals surface area contributed by atoms with Crippen molar-refractivity contribution in [3.8, 4) is 22.8 Å². The second-order valence-electron chi connectivity index (χ2n) is 8.46. The van der Waals surface area contributed by atoms with Gasteiger partial charge in [0.1, 0.15) is 0 Å². The third-order valence-corrected chi connectivity index (χ3v) is 6.09. The minimum Gasteiger partial charge on any atom is -0.347 e. The summed E-state index contributed by atoms with van der Waals surface area (Å²) in [5.41, 5.74) is 4.22. The van der Waals surface area contributed by atoms with Crippen LogP contribution >= 0.6 is 0 Å². The molecule has 4 aromatic rings. The number of hydrogen-bond donors (Lipinski definition) is 1. The third kappa shape index (κ3) is 4.53. The molecule has 0 bridgehead atoms. The summed E-state index contributed by atoms with van der Waals surface area (Å²) in [4.78, 5) is 22.1. The van der Waals surface area contributed by atoms with E-state index in [0.717, 1.165) is 47.4 Å². The fourth-order valence-corrected chi connectivity index (χ4v) is 4.34. The van der Waals surface area contributed by atoms with Gasteiger partial charge in [-0.2, -0.15) is 18.3 Å². The summed E-state index contributed by atoms with van der Waals surface area (Å²) >= 11 is 0. The summed E-state index contributed by atoms with van der Waals surface area (Å²) in [6.07, 6.45) is -0.514. The van der Waals surface area contributed by atoms with Gasteiger partial charge in [0.25, 0.3) is 5.91 Å². The minimum atomic E-state index is -4.41. The lowest BCUT2D eigenvalue weighted by atomic mass is 10.1. The number of aryl methyl sites for hydroxylation is 2. The highest BCUT2D eigenvalue weighted by Gasteiger charge is 2.30. The largest absolute Gasteiger partial charge is 0.416 e. The number of amides is 1. The van der Waals surface area contributed by atoms with Gasteiger partial charge in [0, 0.05) is 30.9 Å². The molecule has 0 unspecified atom stereocenters. The molecule has 6 nitrogen and oxygen atoms in total. The second-order valence-corrected chi connectivity index (χ2v) is 8.46. The Morgan fingerprint density at radius 2 is 1.80 bits per heavy atom. The van der Waals surface area contributed by atoms with Gasteiger partial charge in [0.05, 0.1) is 17.0 Å². The molecule has 5 rings (SSSR count). The van der Waals surface area contributed by atoms with Crippen molar-refractivity contribution in [3.63, 3.8) is 0 Å². The summed E-state index contributed by atoms with van der Waals surface area (Å²) in [5.74, 6) is 0.0628. The molecule has 178 valence electrons. The molecule has 0 atom stereocenters. The number of nitrogens with zero attached hydrogens (tertiary/aromatic N) is 4. The number of aromatic nitrogens is 4. The maximum absolute atomic E-state index is 13.0. The molecule has 0 fully saturated rings. The Labute approximate surface area is 199 Å². The number of fused-ring (bicyclic) bond motifs is 3. The fraction of sp³-hybridized carbons (Fsp3) is 0.231. The molecule has 0 aliphatic heterocycles. The van der Waals surface area contributed by atoms with Crippen LogP contribution in [0.1, 0.15) is 39.2 Å². The van der Waals surface area contributed by atoms with Gasteiger partial charge in [-0.3, -0.25) is 9.48 Å². The summed E-state index contributed by atoms with van der Waals surface area (Å²) in [6, 6.07) is 14.4. The Balaban J connectivity index is 1.49. The first-order valence-corrected chi connectivity index (χ1v) is 11.2. The molecule has 0 saturated heterocycles. The van der Waals surface area contributed by atoms with Crippen LogP contribution in [0.4, 0.5) is 13.2 Å². The van der Waals surface area contributed by atoms with Crippen LogP contribution in [-0.2, 0) is 32.6 Å².